The molecule has 0 atom stereocenters. The molecule has 0 N–H and O–H groups in total. The van der Waals surface area contributed by atoms with Crippen molar-refractivity contribution in [1.82, 2.24) is 0 Å². The molecule has 1 aromatic carbocycles. The fourth-order valence-electron chi connectivity index (χ4n) is 1.18. The number of hydrogen-bond acceptors (Lipinski definition) is 3. The average Bonchev–Trinajstić information content (AvgIpc) is 2.36. The SMILES string of the molecule is COC(=O)c1cccc(SC(F)(F)C(F)(F)C(F)(F)F)c1. The van der Waals surface area contributed by atoms with Crippen LogP contribution in [0.25, 0.3) is 0 Å². The van der Waals surface area contributed by atoms with Crippen LogP contribution in [-0.4, -0.2) is 30.4 Å². The third kappa shape index (κ3) is 3.60. The van der Waals surface area contributed by atoms with Gasteiger partial charge in [-0.25, -0.2) is 4.79 Å². The first-order chi connectivity index (χ1) is 9.42. The molecule has 21 heavy (non-hydrogen) atoms. The molecule has 0 saturated carbocycles. The molecule has 0 amide bonds. The van der Waals surface area contributed by atoms with E-state index in [-0.39, 0.29) is 5.56 Å². The second kappa shape index (κ2) is 5.74. The van der Waals surface area contributed by atoms with E-state index in [0.29, 0.717) is 0 Å². The zero-order valence-electron chi connectivity index (χ0n) is 10.2. The smallest absolute Gasteiger partial charge is 0.460 e. The van der Waals surface area contributed by atoms with Crippen molar-refractivity contribution >= 4 is 17.7 Å². The molecular weight excluding hydrogens is 329 g/mol. The third-order valence-corrected chi connectivity index (χ3v) is 3.23. The second-order valence-corrected chi connectivity index (χ2v) is 4.90. The van der Waals surface area contributed by atoms with Gasteiger partial charge < -0.3 is 4.74 Å². The Morgan fingerprint density at radius 2 is 1.67 bits per heavy atom. The van der Waals surface area contributed by atoms with Crippen LogP contribution in [-0.2, 0) is 4.74 Å². The Morgan fingerprint density at radius 3 is 2.14 bits per heavy atom. The molecule has 2 nitrogen and oxygen atoms in total. The van der Waals surface area contributed by atoms with Crippen molar-refractivity contribution in [2.45, 2.75) is 22.2 Å². The Bertz CT molecular complexity index is 528. The first kappa shape index (κ1) is 17.6. The molecule has 0 spiro atoms. The van der Waals surface area contributed by atoms with Gasteiger partial charge in [0.1, 0.15) is 0 Å². The molecular formula is C11H7F7O2S. The van der Waals surface area contributed by atoms with Gasteiger partial charge in [-0.1, -0.05) is 6.07 Å². The number of ether oxygens (including phenoxy) is 1. The van der Waals surface area contributed by atoms with Crippen LogP contribution in [0.1, 0.15) is 10.4 Å². The lowest BCUT2D eigenvalue weighted by Gasteiger charge is -2.27. The lowest BCUT2D eigenvalue weighted by atomic mass is 10.2. The fourth-order valence-corrected chi connectivity index (χ4v) is 2.05. The Hall–Kier alpha value is -1.45. The van der Waals surface area contributed by atoms with Gasteiger partial charge >= 0.3 is 23.3 Å². The first-order valence-electron chi connectivity index (χ1n) is 5.12. The number of carbonyl (C=O) groups excluding carboxylic acids is 1. The van der Waals surface area contributed by atoms with Gasteiger partial charge in [0.15, 0.2) is 0 Å². The second-order valence-electron chi connectivity index (χ2n) is 3.71. The van der Waals surface area contributed by atoms with Crippen LogP contribution in [0.2, 0.25) is 0 Å². The number of benzene rings is 1. The van der Waals surface area contributed by atoms with Gasteiger partial charge in [0, 0.05) is 4.90 Å². The highest BCUT2D eigenvalue weighted by molar-refractivity contribution is 8.00. The highest BCUT2D eigenvalue weighted by Crippen LogP contribution is 2.53. The molecule has 0 aromatic heterocycles. The molecule has 1 aromatic rings. The van der Waals surface area contributed by atoms with E-state index in [1.54, 1.807) is 0 Å². The van der Waals surface area contributed by atoms with E-state index in [4.69, 9.17) is 0 Å². The Morgan fingerprint density at radius 1 is 1.10 bits per heavy atom. The largest absolute Gasteiger partial charge is 0.465 e. The normalized spacial score (nSPS) is 13.1. The number of rotatable bonds is 4. The summed E-state index contributed by atoms with van der Waals surface area (Å²) in [5, 5.41) is -5.43. The minimum atomic E-state index is -6.40. The maximum Gasteiger partial charge on any atom is 0.460 e. The van der Waals surface area contributed by atoms with Gasteiger partial charge in [0.05, 0.1) is 12.7 Å². The van der Waals surface area contributed by atoms with Gasteiger partial charge in [-0.05, 0) is 30.0 Å². The zero-order valence-corrected chi connectivity index (χ0v) is 11.0. The van der Waals surface area contributed by atoms with Gasteiger partial charge in [-0.3, -0.25) is 0 Å². The summed E-state index contributed by atoms with van der Waals surface area (Å²) in [5.74, 6) is -7.16. The van der Waals surface area contributed by atoms with E-state index >= 15 is 0 Å². The highest BCUT2D eigenvalue weighted by Gasteiger charge is 2.73. The molecule has 0 aliphatic carbocycles. The summed E-state index contributed by atoms with van der Waals surface area (Å²) in [6.45, 7) is 0. The molecule has 0 aliphatic heterocycles. The molecule has 0 saturated heterocycles. The summed E-state index contributed by atoms with van der Waals surface area (Å²) >= 11 is -0.989. The number of hydrogen-bond donors (Lipinski definition) is 0. The topological polar surface area (TPSA) is 26.3 Å². The van der Waals surface area contributed by atoms with Crippen LogP contribution in [0.5, 0.6) is 0 Å². The molecule has 1 rings (SSSR count). The van der Waals surface area contributed by atoms with Crippen molar-refractivity contribution in [3.8, 4) is 0 Å². The summed E-state index contributed by atoms with van der Waals surface area (Å²) in [6, 6.07) is 3.79. The Balaban J connectivity index is 3.07. The van der Waals surface area contributed by atoms with E-state index in [1.165, 1.54) is 0 Å². The number of esters is 1. The van der Waals surface area contributed by atoms with E-state index < -0.39 is 40.0 Å². The maximum absolute atomic E-state index is 13.2. The van der Waals surface area contributed by atoms with Crippen LogP contribution >= 0.6 is 11.8 Å². The summed E-state index contributed by atoms with van der Waals surface area (Å²) in [6.07, 6.45) is -6.40. The minimum absolute atomic E-state index is 0.256. The van der Waals surface area contributed by atoms with Crippen LogP contribution in [0.15, 0.2) is 29.2 Å². The van der Waals surface area contributed by atoms with Crippen LogP contribution in [0.4, 0.5) is 30.7 Å². The fraction of sp³-hybridized carbons (Fsp3) is 0.364. The van der Waals surface area contributed by atoms with Crippen molar-refractivity contribution < 1.29 is 40.3 Å². The first-order valence-corrected chi connectivity index (χ1v) is 5.94. The molecule has 0 fully saturated rings. The summed E-state index contributed by atoms with van der Waals surface area (Å²) in [5.41, 5.74) is -0.256. The summed E-state index contributed by atoms with van der Waals surface area (Å²) < 4.78 is 92.0. The van der Waals surface area contributed by atoms with E-state index in [1.807, 2.05) is 0 Å². The van der Waals surface area contributed by atoms with E-state index in [0.717, 1.165) is 31.4 Å². The molecule has 0 bridgehead atoms. The van der Waals surface area contributed by atoms with Gasteiger partial charge in [-0.2, -0.15) is 30.7 Å². The lowest BCUT2D eigenvalue weighted by molar-refractivity contribution is -0.330. The minimum Gasteiger partial charge on any atom is -0.465 e. The predicted octanol–water partition coefficient (Wildman–Crippen LogP) is 4.36. The molecule has 0 unspecified atom stereocenters. The monoisotopic (exact) mass is 336 g/mol. The maximum atomic E-state index is 13.2. The van der Waals surface area contributed by atoms with Gasteiger partial charge in [0.25, 0.3) is 0 Å². The van der Waals surface area contributed by atoms with Crippen LogP contribution in [0, 0.1) is 0 Å². The zero-order chi connectivity index (χ0) is 16.5. The molecule has 0 aliphatic rings. The summed E-state index contributed by atoms with van der Waals surface area (Å²) in [4.78, 5) is 10.5. The highest BCUT2D eigenvalue weighted by atomic mass is 32.2. The van der Waals surface area contributed by atoms with Crippen LogP contribution in [0.3, 0.4) is 0 Å². The van der Waals surface area contributed by atoms with Crippen molar-refractivity contribution in [3.05, 3.63) is 29.8 Å². The Labute approximate surface area is 118 Å². The number of alkyl halides is 7. The third-order valence-electron chi connectivity index (χ3n) is 2.22. The number of thioether (sulfide) groups is 1. The van der Waals surface area contributed by atoms with E-state index in [9.17, 15) is 35.5 Å². The molecule has 0 heterocycles. The quantitative estimate of drug-likeness (QED) is 0.464. The average molecular weight is 336 g/mol. The molecule has 118 valence electrons. The van der Waals surface area contributed by atoms with Gasteiger partial charge in [-0.15, -0.1) is 0 Å². The Kier molecular flexibility index (Phi) is 4.81. The number of halogens is 7. The molecule has 0 radical (unpaired) electrons. The number of methoxy groups -OCH3 is 1. The van der Waals surface area contributed by atoms with E-state index in [2.05, 4.69) is 4.74 Å². The summed E-state index contributed by atoms with van der Waals surface area (Å²) in [7, 11) is 0.995. The van der Waals surface area contributed by atoms with Crippen molar-refractivity contribution in [1.29, 1.82) is 0 Å². The van der Waals surface area contributed by atoms with Crippen molar-refractivity contribution in [2.75, 3.05) is 7.11 Å². The van der Waals surface area contributed by atoms with Gasteiger partial charge in [0.2, 0.25) is 0 Å². The number of carbonyl (C=O) groups is 1. The predicted molar refractivity (Wildman–Crippen MR) is 59.6 cm³/mol. The molecule has 10 heteroatoms. The van der Waals surface area contributed by atoms with Crippen molar-refractivity contribution in [2.24, 2.45) is 0 Å². The standard InChI is InChI=1S/C11H7F7O2S/c1-20-8(19)6-3-2-4-7(5-6)21-11(17,18)9(12,13)10(14,15)16/h2-5H,1H3. The lowest BCUT2D eigenvalue weighted by Crippen LogP contribution is -2.49. The van der Waals surface area contributed by atoms with Crippen LogP contribution < -0.4 is 0 Å². The van der Waals surface area contributed by atoms with Crippen molar-refractivity contribution in [3.63, 3.8) is 0 Å².